The Bertz CT molecular complexity index is 719. The number of hydrogen-bond donors (Lipinski definition) is 3. The second-order valence-electron chi connectivity index (χ2n) is 4.14. The van der Waals surface area contributed by atoms with E-state index in [1.165, 1.54) is 18.0 Å². The van der Waals surface area contributed by atoms with Gasteiger partial charge in [-0.25, -0.2) is 4.79 Å². The molecule has 0 aliphatic carbocycles. The standard InChI is InChI=1S/C13H13N3O3S/c1-8-2-4-9(5-3-8)20-7-11(17)15-10-6-14-13(19)16-12(10)18/h2-6H,7H2,1H3,(H,15,17)(H2,14,16,18,19). The van der Waals surface area contributed by atoms with Crippen LogP contribution in [-0.4, -0.2) is 21.6 Å². The van der Waals surface area contributed by atoms with E-state index in [9.17, 15) is 14.4 Å². The van der Waals surface area contributed by atoms with Crippen LogP contribution in [0, 0.1) is 6.92 Å². The van der Waals surface area contributed by atoms with Gasteiger partial charge in [0.05, 0.1) is 5.75 Å². The summed E-state index contributed by atoms with van der Waals surface area (Å²) in [4.78, 5) is 39.2. The van der Waals surface area contributed by atoms with Crippen LogP contribution in [0.2, 0.25) is 0 Å². The molecule has 0 bridgehead atoms. The number of hydrogen-bond acceptors (Lipinski definition) is 4. The molecule has 0 saturated carbocycles. The molecule has 20 heavy (non-hydrogen) atoms. The Balaban J connectivity index is 1.94. The summed E-state index contributed by atoms with van der Waals surface area (Å²) in [5, 5.41) is 2.45. The van der Waals surface area contributed by atoms with Crippen molar-refractivity contribution in [1.82, 2.24) is 9.97 Å². The van der Waals surface area contributed by atoms with Crippen molar-refractivity contribution in [1.29, 1.82) is 0 Å². The van der Waals surface area contributed by atoms with E-state index in [-0.39, 0.29) is 17.3 Å². The molecule has 2 rings (SSSR count). The van der Waals surface area contributed by atoms with Crippen LogP contribution >= 0.6 is 11.8 Å². The van der Waals surface area contributed by atoms with Crippen molar-refractivity contribution in [3.8, 4) is 0 Å². The fraction of sp³-hybridized carbons (Fsp3) is 0.154. The molecule has 3 N–H and O–H groups in total. The van der Waals surface area contributed by atoms with Crippen LogP contribution in [0.15, 0.2) is 44.9 Å². The van der Waals surface area contributed by atoms with Gasteiger partial charge in [-0.15, -0.1) is 11.8 Å². The van der Waals surface area contributed by atoms with Crippen LogP contribution in [0.5, 0.6) is 0 Å². The Kier molecular flexibility index (Phi) is 4.41. The van der Waals surface area contributed by atoms with Crippen LogP contribution in [0.3, 0.4) is 0 Å². The third-order valence-corrected chi connectivity index (χ3v) is 3.50. The highest BCUT2D eigenvalue weighted by Crippen LogP contribution is 2.18. The highest BCUT2D eigenvalue weighted by molar-refractivity contribution is 8.00. The molecule has 0 aliphatic rings. The molecule has 2 aromatic rings. The van der Waals surface area contributed by atoms with E-state index in [0.717, 1.165) is 10.5 Å². The quantitative estimate of drug-likeness (QED) is 0.735. The maximum Gasteiger partial charge on any atom is 0.325 e. The zero-order valence-electron chi connectivity index (χ0n) is 10.7. The lowest BCUT2D eigenvalue weighted by molar-refractivity contribution is -0.113. The molecule has 0 unspecified atom stereocenters. The number of anilines is 1. The molecule has 1 aromatic heterocycles. The number of benzene rings is 1. The van der Waals surface area contributed by atoms with E-state index in [2.05, 4.69) is 10.3 Å². The molecule has 0 radical (unpaired) electrons. The van der Waals surface area contributed by atoms with Crippen LogP contribution in [0.1, 0.15) is 5.56 Å². The number of rotatable bonds is 4. The summed E-state index contributed by atoms with van der Waals surface area (Å²) < 4.78 is 0. The Morgan fingerprint density at radius 3 is 2.60 bits per heavy atom. The predicted octanol–water partition coefficient (Wildman–Crippen LogP) is 1.10. The first-order valence-corrected chi connectivity index (χ1v) is 6.84. The van der Waals surface area contributed by atoms with Gasteiger partial charge in [0, 0.05) is 11.1 Å². The molecule has 104 valence electrons. The third kappa shape index (κ3) is 3.86. The van der Waals surface area contributed by atoms with Crippen LogP contribution < -0.4 is 16.6 Å². The summed E-state index contributed by atoms with van der Waals surface area (Å²) in [6.07, 6.45) is 1.18. The molecule has 0 aliphatic heterocycles. The fourth-order valence-electron chi connectivity index (χ4n) is 1.47. The van der Waals surface area contributed by atoms with Crippen molar-refractivity contribution in [2.45, 2.75) is 11.8 Å². The Morgan fingerprint density at radius 2 is 1.95 bits per heavy atom. The monoisotopic (exact) mass is 291 g/mol. The van der Waals surface area contributed by atoms with Gasteiger partial charge in [0.15, 0.2) is 0 Å². The second-order valence-corrected chi connectivity index (χ2v) is 5.18. The van der Waals surface area contributed by atoms with E-state index in [1.807, 2.05) is 36.2 Å². The minimum absolute atomic E-state index is 0.0270. The predicted molar refractivity (Wildman–Crippen MR) is 78.2 cm³/mol. The summed E-state index contributed by atoms with van der Waals surface area (Å²) in [6.45, 7) is 1.99. The number of aryl methyl sites for hydroxylation is 1. The molecule has 0 spiro atoms. The Labute approximate surface area is 118 Å². The number of nitrogens with one attached hydrogen (secondary N) is 3. The maximum atomic E-state index is 11.7. The summed E-state index contributed by atoms with van der Waals surface area (Å²) in [5.74, 6) is -0.130. The lowest BCUT2D eigenvalue weighted by Crippen LogP contribution is -2.27. The molecule has 1 aromatic carbocycles. The molecule has 6 nitrogen and oxygen atoms in total. The van der Waals surface area contributed by atoms with Gasteiger partial charge in [-0.1, -0.05) is 17.7 Å². The average Bonchev–Trinajstić information content (AvgIpc) is 2.41. The zero-order chi connectivity index (χ0) is 14.5. The fourth-order valence-corrected chi connectivity index (χ4v) is 2.17. The average molecular weight is 291 g/mol. The number of thioether (sulfide) groups is 1. The largest absolute Gasteiger partial charge is 0.325 e. The van der Waals surface area contributed by atoms with Gasteiger partial charge < -0.3 is 10.3 Å². The Hall–Kier alpha value is -2.28. The van der Waals surface area contributed by atoms with Gasteiger partial charge in [0.1, 0.15) is 5.69 Å². The molecule has 0 fully saturated rings. The van der Waals surface area contributed by atoms with Gasteiger partial charge in [-0.2, -0.15) is 0 Å². The minimum atomic E-state index is -0.623. The summed E-state index contributed by atoms with van der Waals surface area (Å²) in [7, 11) is 0. The highest BCUT2D eigenvalue weighted by atomic mass is 32.2. The molecule has 7 heteroatoms. The second kappa shape index (κ2) is 6.25. The van der Waals surface area contributed by atoms with Crippen molar-refractivity contribution in [3.05, 3.63) is 56.9 Å². The molecular weight excluding hydrogens is 278 g/mol. The number of aromatic nitrogens is 2. The molecule has 1 heterocycles. The maximum absolute atomic E-state index is 11.7. The zero-order valence-corrected chi connectivity index (χ0v) is 11.5. The first-order valence-electron chi connectivity index (χ1n) is 5.86. The highest BCUT2D eigenvalue weighted by Gasteiger charge is 2.06. The van der Waals surface area contributed by atoms with E-state index in [1.54, 1.807) is 0 Å². The van der Waals surface area contributed by atoms with Crippen molar-refractivity contribution < 1.29 is 4.79 Å². The van der Waals surface area contributed by atoms with Gasteiger partial charge in [-0.05, 0) is 19.1 Å². The van der Waals surface area contributed by atoms with Crippen molar-refractivity contribution in [2.75, 3.05) is 11.1 Å². The SMILES string of the molecule is Cc1ccc(SCC(=O)Nc2c[nH]c(=O)[nH]c2=O)cc1. The van der Waals surface area contributed by atoms with Gasteiger partial charge in [0.2, 0.25) is 5.91 Å². The van der Waals surface area contributed by atoms with E-state index in [0.29, 0.717) is 0 Å². The minimum Gasteiger partial charge on any atom is -0.320 e. The van der Waals surface area contributed by atoms with Crippen molar-refractivity contribution >= 4 is 23.4 Å². The number of aromatic amines is 2. The van der Waals surface area contributed by atoms with E-state index >= 15 is 0 Å². The Morgan fingerprint density at radius 1 is 1.25 bits per heavy atom. The van der Waals surface area contributed by atoms with Crippen molar-refractivity contribution in [2.24, 2.45) is 0 Å². The van der Waals surface area contributed by atoms with E-state index < -0.39 is 11.2 Å². The topological polar surface area (TPSA) is 94.8 Å². The van der Waals surface area contributed by atoms with Gasteiger partial charge in [-0.3, -0.25) is 14.6 Å². The van der Waals surface area contributed by atoms with Gasteiger partial charge >= 0.3 is 5.69 Å². The van der Waals surface area contributed by atoms with Crippen molar-refractivity contribution in [3.63, 3.8) is 0 Å². The van der Waals surface area contributed by atoms with Crippen LogP contribution in [-0.2, 0) is 4.79 Å². The molecule has 0 saturated heterocycles. The number of amides is 1. The summed E-state index contributed by atoms with van der Waals surface area (Å²) in [6, 6.07) is 7.79. The molecular formula is C13H13N3O3S. The smallest absolute Gasteiger partial charge is 0.320 e. The number of H-pyrrole nitrogens is 2. The van der Waals surface area contributed by atoms with E-state index in [4.69, 9.17) is 0 Å². The summed E-state index contributed by atoms with van der Waals surface area (Å²) >= 11 is 1.37. The summed E-state index contributed by atoms with van der Waals surface area (Å²) in [5.41, 5.74) is -0.0536. The molecule has 0 atom stereocenters. The molecule has 1 amide bonds. The number of carbonyl (C=O) groups excluding carboxylic acids is 1. The van der Waals surface area contributed by atoms with Crippen LogP contribution in [0.4, 0.5) is 5.69 Å². The number of carbonyl (C=O) groups is 1. The normalized spacial score (nSPS) is 10.2. The lowest BCUT2D eigenvalue weighted by Gasteiger charge is -2.04. The third-order valence-electron chi connectivity index (χ3n) is 2.48. The first-order chi connectivity index (χ1) is 9.54. The first kappa shape index (κ1) is 14.1. The van der Waals surface area contributed by atoms with Crippen LogP contribution in [0.25, 0.3) is 0 Å². The lowest BCUT2D eigenvalue weighted by atomic mass is 10.2. The van der Waals surface area contributed by atoms with Gasteiger partial charge in [0.25, 0.3) is 5.56 Å².